The Labute approximate surface area is 145 Å². The molecule has 0 aromatic heterocycles. The van der Waals surface area contributed by atoms with E-state index in [1.807, 2.05) is 4.90 Å². The van der Waals surface area contributed by atoms with Gasteiger partial charge in [0, 0.05) is 13.1 Å². The maximum atomic E-state index is 12.2. The second kappa shape index (κ2) is 7.35. The van der Waals surface area contributed by atoms with Crippen LogP contribution in [0.5, 0.6) is 11.5 Å². The van der Waals surface area contributed by atoms with E-state index < -0.39 is 11.8 Å². The van der Waals surface area contributed by atoms with Crippen LogP contribution in [0.1, 0.15) is 5.56 Å². The molecule has 2 heterocycles. The van der Waals surface area contributed by atoms with Gasteiger partial charge in [-0.2, -0.15) is 0 Å². The molecule has 132 valence electrons. The third kappa shape index (κ3) is 3.48. The monoisotopic (exact) mass is 345 g/mol. The Balaban J connectivity index is 1.97. The van der Waals surface area contributed by atoms with Crippen LogP contribution in [0.4, 0.5) is 0 Å². The number of ether oxygens (including phenoxy) is 3. The molecule has 8 nitrogen and oxygen atoms in total. The van der Waals surface area contributed by atoms with Crippen molar-refractivity contribution < 1.29 is 23.8 Å². The Morgan fingerprint density at radius 2 is 1.84 bits per heavy atom. The first-order valence-electron chi connectivity index (χ1n) is 7.82. The summed E-state index contributed by atoms with van der Waals surface area (Å²) in [7, 11) is 3.04. The molecule has 2 amide bonds. The number of benzene rings is 1. The number of hydrogen-bond acceptors (Lipinski definition) is 6. The lowest BCUT2D eigenvalue weighted by Crippen LogP contribution is -2.35. The van der Waals surface area contributed by atoms with Gasteiger partial charge in [0.05, 0.1) is 39.3 Å². The van der Waals surface area contributed by atoms with Gasteiger partial charge >= 0.3 is 0 Å². The maximum absolute atomic E-state index is 12.2. The largest absolute Gasteiger partial charge is 0.493 e. The van der Waals surface area contributed by atoms with Crippen LogP contribution in [0.3, 0.4) is 0 Å². The van der Waals surface area contributed by atoms with Gasteiger partial charge in [0.15, 0.2) is 11.5 Å². The Morgan fingerprint density at radius 1 is 1.12 bits per heavy atom. The molecule has 0 spiro atoms. The molecule has 1 aromatic carbocycles. The highest BCUT2D eigenvalue weighted by Crippen LogP contribution is 2.33. The first-order valence-corrected chi connectivity index (χ1v) is 7.82. The Morgan fingerprint density at radius 3 is 2.52 bits per heavy atom. The van der Waals surface area contributed by atoms with E-state index >= 15 is 0 Å². The minimum Gasteiger partial charge on any atom is -0.493 e. The molecule has 1 aromatic rings. The number of rotatable bonds is 5. The molecule has 1 saturated heterocycles. The maximum Gasteiger partial charge on any atom is 0.277 e. The average molecular weight is 345 g/mol. The third-order valence-electron chi connectivity index (χ3n) is 3.97. The SMILES string of the molecule is COc1ccc(C2=C(N=CN3CCOCC3)C(=O)NC2=O)cc1OC. The standard InChI is InChI=1S/C17H19N3O5/c1-23-12-4-3-11(9-13(12)24-2)14-15(17(22)19-16(14)21)18-10-20-5-7-25-8-6-20/h3-4,9-10H,5-8H2,1-2H3,(H,19,21,22). The topological polar surface area (TPSA) is 89.5 Å². The van der Waals surface area contributed by atoms with Crippen molar-refractivity contribution in [2.75, 3.05) is 40.5 Å². The van der Waals surface area contributed by atoms with Gasteiger partial charge in [-0.1, -0.05) is 6.07 Å². The van der Waals surface area contributed by atoms with Crippen molar-refractivity contribution in [1.82, 2.24) is 10.2 Å². The van der Waals surface area contributed by atoms with Crippen molar-refractivity contribution in [2.45, 2.75) is 0 Å². The van der Waals surface area contributed by atoms with Crippen LogP contribution in [0, 0.1) is 0 Å². The number of carbonyl (C=O) groups excluding carboxylic acids is 2. The van der Waals surface area contributed by atoms with Crippen molar-refractivity contribution in [3.8, 4) is 11.5 Å². The van der Waals surface area contributed by atoms with E-state index in [-0.39, 0.29) is 11.3 Å². The molecule has 0 saturated carbocycles. The molecule has 1 fully saturated rings. The van der Waals surface area contributed by atoms with Crippen LogP contribution >= 0.6 is 0 Å². The summed E-state index contributed by atoms with van der Waals surface area (Å²) >= 11 is 0. The number of nitrogens with one attached hydrogen (secondary N) is 1. The summed E-state index contributed by atoms with van der Waals surface area (Å²) in [5.74, 6) is 0.0109. The number of aliphatic imine (C=N–C) groups is 1. The van der Waals surface area contributed by atoms with E-state index in [2.05, 4.69) is 10.3 Å². The van der Waals surface area contributed by atoms with Gasteiger partial charge in [-0.25, -0.2) is 4.99 Å². The summed E-state index contributed by atoms with van der Waals surface area (Å²) in [5, 5.41) is 2.29. The fourth-order valence-electron chi connectivity index (χ4n) is 2.66. The van der Waals surface area contributed by atoms with Crippen LogP contribution in [-0.2, 0) is 14.3 Å². The van der Waals surface area contributed by atoms with Crippen LogP contribution in [0.2, 0.25) is 0 Å². The number of carbonyl (C=O) groups is 2. The number of nitrogens with zero attached hydrogens (tertiary/aromatic N) is 2. The van der Waals surface area contributed by atoms with Crippen molar-refractivity contribution in [2.24, 2.45) is 4.99 Å². The molecule has 0 bridgehead atoms. The highest BCUT2D eigenvalue weighted by Gasteiger charge is 2.31. The number of amides is 2. The number of morpholine rings is 1. The summed E-state index contributed by atoms with van der Waals surface area (Å²) < 4.78 is 15.7. The fourth-order valence-corrected chi connectivity index (χ4v) is 2.66. The molecule has 8 heteroatoms. The smallest absolute Gasteiger partial charge is 0.277 e. The predicted molar refractivity (Wildman–Crippen MR) is 90.5 cm³/mol. The van der Waals surface area contributed by atoms with E-state index in [0.29, 0.717) is 43.4 Å². The summed E-state index contributed by atoms with van der Waals surface area (Å²) in [4.78, 5) is 30.5. The van der Waals surface area contributed by atoms with Gasteiger partial charge < -0.3 is 19.1 Å². The first-order chi connectivity index (χ1) is 12.1. The molecule has 0 unspecified atom stereocenters. The molecule has 25 heavy (non-hydrogen) atoms. The molecule has 0 atom stereocenters. The minimum atomic E-state index is -0.515. The first kappa shape index (κ1) is 17.0. The summed E-state index contributed by atoms with van der Waals surface area (Å²) in [6, 6.07) is 5.02. The fraction of sp³-hybridized carbons (Fsp3) is 0.353. The van der Waals surface area contributed by atoms with E-state index in [9.17, 15) is 9.59 Å². The van der Waals surface area contributed by atoms with Crippen LogP contribution < -0.4 is 14.8 Å². The summed E-state index contributed by atoms with van der Waals surface area (Å²) in [5.41, 5.74) is 0.842. The van der Waals surface area contributed by atoms with Crippen molar-refractivity contribution in [3.63, 3.8) is 0 Å². The second-order valence-electron chi connectivity index (χ2n) is 5.47. The highest BCUT2D eigenvalue weighted by molar-refractivity contribution is 6.36. The number of imide groups is 1. The zero-order valence-corrected chi connectivity index (χ0v) is 14.1. The molecule has 0 aliphatic carbocycles. The molecule has 0 radical (unpaired) electrons. The number of methoxy groups -OCH3 is 2. The zero-order valence-electron chi connectivity index (χ0n) is 14.1. The van der Waals surface area contributed by atoms with Crippen LogP contribution in [0.15, 0.2) is 28.9 Å². The van der Waals surface area contributed by atoms with Crippen LogP contribution in [0.25, 0.3) is 5.57 Å². The lowest BCUT2D eigenvalue weighted by Gasteiger charge is -2.24. The molecule has 2 aliphatic rings. The molecular weight excluding hydrogens is 326 g/mol. The zero-order chi connectivity index (χ0) is 17.8. The predicted octanol–water partition coefficient (Wildman–Crippen LogP) is 0.432. The Hall–Kier alpha value is -2.87. The highest BCUT2D eigenvalue weighted by atomic mass is 16.5. The van der Waals surface area contributed by atoms with Gasteiger partial charge in [-0.15, -0.1) is 0 Å². The van der Waals surface area contributed by atoms with Crippen molar-refractivity contribution in [3.05, 3.63) is 29.5 Å². The van der Waals surface area contributed by atoms with E-state index in [0.717, 1.165) is 0 Å². The molecule has 3 rings (SSSR count). The molecule has 1 N–H and O–H groups in total. The summed E-state index contributed by atoms with van der Waals surface area (Å²) in [6.45, 7) is 2.60. The molecular formula is C17H19N3O5. The normalized spacial score (nSPS) is 18.1. The van der Waals surface area contributed by atoms with Gasteiger partial charge in [-0.3, -0.25) is 14.9 Å². The number of hydrogen-bond donors (Lipinski definition) is 1. The van der Waals surface area contributed by atoms with E-state index in [1.54, 1.807) is 24.5 Å². The van der Waals surface area contributed by atoms with Gasteiger partial charge in [0.1, 0.15) is 5.70 Å². The Kier molecular flexibility index (Phi) is 4.99. The average Bonchev–Trinajstić information content (AvgIpc) is 2.93. The van der Waals surface area contributed by atoms with Crippen LogP contribution in [-0.4, -0.2) is 63.6 Å². The van der Waals surface area contributed by atoms with E-state index in [4.69, 9.17) is 14.2 Å². The summed E-state index contributed by atoms with van der Waals surface area (Å²) in [6.07, 6.45) is 1.58. The third-order valence-corrected chi connectivity index (χ3v) is 3.97. The van der Waals surface area contributed by atoms with Gasteiger partial charge in [0.2, 0.25) is 0 Å². The second-order valence-corrected chi connectivity index (χ2v) is 5.47. The lowest BCUT2D eigenvalue weighted by atomic mass is 10.0. The lowest BCUT2D eigenvalue weighted by molar-refractivity contribution is -0.123. The van der Waals surface area contributed by atoms with Crippen molar-refractivity contribution in [1.29, 1.82) is 0 Å². The van der Waals surface area contributed by atoms with Gasteiger partial charge in [-0.05, 0) is 17.7 Å². The Bertz CT molecular complexity index is 751. The van der Waals surface area contributed by atoms with E-state index in [1.165, 1.54) is 14.2 Å². The molecule has 2 aliphatic heterocycles. The minimum absolute atomic E-state index is 0.0868. The quantitative estimate of drug-likeness (QED) is 0.473. The van der Waals surface area contributed by atoms with Gasteiger partial charge in [0.25, 0.3) is 11.8 Å². The van der Waals surface area contributed by atoms with Crippen molar-refractivity contribution >= 4 is 23.7 Å².